The van der Waals surface area contributed by atoms with Gasteiger partial charge in [-0.15, -0.1) is 10.2 Å². The summed E-state index contributed by atoms with van der Waals surface area (Å²) in [4.78, 5) is 24.8. The maximum absolute atomic E-state index is 12.8. The van der Waals surface area contributed by atoms with Crippen LogP contribution in [0.1, 0.15) is 42.5 Å². The van der Waals surface area contributed by atoms with E-state index in [0.717, 1.165) is 17.3 Å². The van der Waals surface area contributed by atoms with Crippen LogP contribution in [0.2, 0.25) is 0 Å². The van der Waals surface area contributed by atoms with Gasteiger partial charge in [-0.2, -0.15) is 0 Å². The summed E-state index contributed by atoms with van der Waals surface area (Å²) in [6.45, 7) is 7.73. The van der Waals surface area contributed by atoms with Gasteiger partial charge in [-0.1, -0.05) is 35.5 Å². The maximum Gasteiger partial charge on any atom is 0.338 e. The number of benzene rings is 2. The Labute approximate surface area is 209 Å². The molecule has 0 atom stereocenters. The molecule has 0 saturated heterocycles. The van der Waals surface area contributed by atoms with Gasteiger partial charge in [0.25, 0.3) is 0 Å². The van der Waals surface area contributed by atoms with Crippen LogP contribution in [0, 0.1) is 6.92 Å². The van der Waals surface area contributed by atoms with E-state index >= 15 is 0 Å². The molecule has 0 aliphatic rings. The molecule has 11 heteroatoms. The van der Waals surface area contributed by atoms with E-state index < -0.39 is 15.8 Å². The molecule has 186 valence electrons. The quantitative estimate of drug-likeness (QED) is 0.318. The predicted octanol–water partition coefficient (Wildman–Crippen LogP) is 3.88. The van der Waals surface area contributed by atoms with E-state index in [0.29, 0.717) is 28.8 Å². The first-order valence-corrected chi connectivity index (χ1v) is 13.7. The van der Waals surface area contributed by atoms with E-state index in [-0.39, 0.29) is 28.4 Å². The average Bonchev–Trinajstić information content (AvgIpc) is 3.18. The Kier molecular flexibility index (Phi) is 8.68. The van der Waals surface area contributed by atoms with Crippen molar-refractivity contribution < 1.29 is 22.7 Å². The Morgan fingerprint density at radius 3 is 2.49 bits per heavy atom. The first-order valence-electron chi connectivity index (χ1n) is 11.0. The van der Waals surface area contributed by atoms with Gasteiger partial charge in [0.2, 0.25) is 5.91 Å². The molecule has 1 aromatic heterocycles. The van der Waals surface area contributed by atoms with E-state index in [2.05, 4.69) is 15.5 Å². The lowest BCUT2D eigenvalue weighted by Gasteiger charge is -2.10. The van der Waals surface area contributed by atoms with Gasteiger partial charge in [-0.05, 0) is 58.0 Å². The minimum absolute atomic E-state index is 0.0313. The number of hydrogen-bond donors (Lipinski definition) is 1. The van der Waals surface area contributed by atoms with Crippen molar-refractivity contribution in [2.75, 3.05) is 11.1 Å². The second kappa shape index (κ2) is 11.5. The number of sulfone groups is 1. The van der Waals surface area contributed by atoms with Gasteiger partial charge in [-0.3, -0.25) is 4.79 Å². The number of esters is 1. The van der Waals surface area contributed by atoms with Crippen LogP contribution in [0.5, 0.6) is 0 Å². The summed E-state index contributed by atoms with van der Waals surface area (Å²) < 4.78 is 32.5. The zero-order valence-electron chi connectivity index (χ0n) is 20.0. The molecule has 0 aliphatic carbocycles. The van der Waals surface area contributed by atoms with E-state index in [1.165, 1.54) is 0 Å². The van der Waals surface area contributed by atoms with Crippen molar-refractivity contribution in [3.63, 3.8) is 0 Å². The second-order valence-electron chi connectivity index (χ2n) is 8.09. The van der Waals surface area contributed by atoms with Gasteiger partial charge in [0, 0.05) is 12.2 Å². The largest absolute Gasteiger partial charge is 0.459 e. The number of amides is 1. The first-order chi connectivity index (χ1) is 16.6. The lowest BCUT2D eigenvalue weighted by molar-refractivity contribution is -0.113. The third kappa shape index (κ3) is 7.15. The van der Waals surface area contributed by atoms with Crippen molar-refractivity contribution in [2.24, 2.45) is 0 Å². The molecule has 1 amide bonds. The Morgan fingerprint density at radius 2 is 1.83 bits per heavy atom. The monoisotopic (exact) mass is 516 g/mol. The smallest absolute Gasteiger partial charge is 0.338 e. The summed E-state index contributed by atoms with van der Waals surface area (Å²) in [5, 5.41) is 11.4. The zero-order valence-corrected chi connectivity index (χ0v) is 21.6. The molecule has 2 aromatic carbocycles. The number of ether oxygens (including phenoxy) is 1. The van der Waals surface area contributed by atoms with Crippen molar-refractivity contribution in [1.29, 1.82) is 0 Å². The summed E-state index contributed by atoms with van der Waals surface area (Å²) in [6, 6.07) is 13.2. The summed E-state index contributed by atoms with van der Waals surface area (Å²) in [5.41, 5.74) is 1.78. The van der Waals surface area contributed by atoms with E-state index in [9.17, 15) is 18.0 Å². The number of anilines is 1. The predicted molar refractivity (Wildman–Crippen MR) is 134 cm³/mol. The molecule has 3 rings (SSSR count). The van der Waals surface area contributed by atoms with Crippen molar-refractivity contribution in [1.82, 2.24) is 14.8 Å². The average molecular weight is 517 g/mol. The van der Waals surface area contributed by atoms with Gasteiger partial charge >= 0.3 is 5.97 Å². The highest BCUT2D eigenvalue weighted by atomic mass is 32.2. The third-order valence-corrected chi connectivity index (χ3v) is 7.46. The van der Waals surface area contributed by atoms with Gasteiger partial charge in [0.1, 0.15) is 11.6 Å². The summed E-state index contributed by atoms with van der Waals surface area (Å²) >= 11 is 1.15. The zero-order chi connectivity index (χ0) is 25.6. The molecule has 0 fully saturated rings. The lowest BCUT2D eigenvalue weighted by Crippen LogP contribution is -2.16. The van der Waals surface area contributed by atoms with Crippen LogP contribution in [0.4, 0.5) is 5.69 Å². The molecular weight excluding hydrogens is 488 g/mol. The highest BCUT2D eigenvalue weighted by molar-refractivity contribution is 7.99. The van der Waals surface area contributed by atoms with E-state index in [1.54, 1.807) is 66.9 Å². The topological polar surface area (TPSA) is 120 Å². The molecule has 9 nitrogen and oxygen atoms in total. The number of thioether (sulfide) groups is 1. The molecule has 0 unspecified atom stereocenters. The van der Waals surface area contributed by atoms with E-state index in [4.69, 9.17) is 4.74 Å². The fraction of sp³-hybridized carbons (Fsp3) is 0.333. The van der Waals surface area contributed by atoms with Crippen LogP contribution in [0.3, 0.4) is 0 Å². The Hall–Kier alpha value is -3.18. The Morgan fingerprint density at radius 1 is 1.11 bits per heavy atom. The van der Waals surface area contributed by atoms with Crippen LogP contribution in [0.15, 0.2) is 58.6 Å². The standard InChI is InChI=1S/C24H28N4O5S2/c1-5-28-21(15-35(31,32)20-11-9-17(4)10-12-20)26-27-24(28)34-14-22(29)25-19-8-6-7-18(13-19)23(30)33-16(2)3/h6-13,16H,5,14-15H2,1-4H3,(H,25,29). The highest BCUT2D eigenvalue weighted by Crippen LogP contribution is 2.22. The second-order valence-corrected chi connectivity index (χ2v) is 11.0. The summed E-state index contributed by atoms with van der Waals surface area (Å²) in [6.07, 6.45) is -0.246. The van der Waals surface area contributed by atoms with Crippen molar-refractivity contribution in [3.05, 3.63) is 65.5 Å². The number of nitrogens with one attached hydrogen (secondary N) is 1. The van der Waals surface area contributed by atoms with Crippen LogP contribution in [-0.4, -0.2) is 46.9 Å². The minimum Gasteiger partial charge on any atom is -0.459 e. The Bertz CT molecular complexity index is 1300. The van der Waals surface area contributed by atoms with Crippen LogP contribution >= 0.6 is 11.8 Å². The Balaban J connectivity index is 1.64. The molecule has 0 bridgehead atoms. The fourth-order valence-corrected chi connectivity index (χ4v) is 5.27. The molecular formula is C24H28N4O5S2. The number of nitrogens with zero attached hydrogens (tertiary/aromatic N) is 3. The van der Waals surface area contributed by atoms with E-state index in [1.807, 2.05) is 13.8 Å². The summed E-state index contributed by atoms with van der Waals surface area (Å²) in [7, 11) is -3.59. The minimum atomic E-state index is -3.59. The molecule has 3 aromatic rings. The molecule has 1 heterocycles. The first kappa shape index (κ1) is 26.4. The fourth-order valence-electron chi connectivity index (χ4n) is 3.18. The van der Waals surface area contributed by atoms with Crippen LogP contribution in [0.25, 0.3) is 0 Å². The van der Waals surface area contributed by atoms with Gasteiger partial charge < -0.3 is 14.6 Å². The molecule has 0 radical (unpaired) electrons. The number of carbonyl (C=O) groups excluding carboxylic acids is 2. The lowest BCUT2D eigenvalue weighted by atomic mass is 10.2. The molecule has 0 aliphatic heterocycles. The van der Waals surface area contributed by atoms with Gasteiger partial charge in [-0.25, -0.2) is 13.2 Å². The summed E-state index contributed by atoms with van der Waals surface area (Å²) in [5.74, 6) is -0.710. The number of hydrogen-bond acceptors (Lipinski definition) is 8. The molecule has 1 N–H and O–H groups in total. The number of aryl methyl sites for hydroxylation is 1. The van der Waals surface area contributed by atoms with Gasteiger partial charge in [0.05, 0.1) is 22.3 Å². The number of rotatable bonds is 10. The van der Waals surface area contributed by atoms with Crippen LogP contribution in [-0.2, 0) is 31.7 Å². The van der Waals surface area contributed by atoms with Crippen LogP contribution < -0.4 is 5.32 Å². The molecule has 0 spiro atoms. The highest BCUT2D eigenvalue weighted by Gasteiger charge is 2.21. The molecule has 35 heavy (non-hydrogen) atoms. The van der Waals surface area contributed by atoms with Crippen molar-refractivity contribution in [3.8, 4) is 0 Å². The SMILES string of the molecule is CCn1c(CS(=O)(=O)c2ccc(C)cc2)nnc1SCC(=O)Nc1cccc(C(=O)OC(C)C)c1. The normalized spacial score (nSPS) is 11.5. The van der Waals surface area contributed by atoms with Crippen molar-refractivity contribution in [2.45, 2.75) is 56.1 Å². The maximum atomic E-state index is 12.8. The molecule has 0 saturated carbocycles. The van der Waals surface area contributed by atoms with Crippen molar-refractivity contribution >= 4 is 39.2 Å². The number of carbonyl (C=O) groups is 2. The third-order valence-electron chi connectivity index (χ3n) is 4.87. The van der Waals surface area contributed by atoms with Gasteiger partial charge in [0.15, 0.2) is 15.0 Å². The number of aromatic nitrogens is 3.